The number of hydrogen-bond acceptors (Lipinski definition) is 6. The molecule has 0 saturated carbocycles. The van der Waals surface area contributed by atoms with Gasteiger partial charge in [-0.05, 0) is 17.5 Å². The fourth-order valence-corrected chi connectivity index (χ4v) is 4.26. The van der Waals surface area contributed by atoms with Gasteiger partial charge in [0.25, 0.3) is 5.91 Å². The molecule has 1 aromatic rings. The van der Waals surface area contributed by atoms with Crippen molar-refractivity contribution in [2.45, 2.75) is 31.8 Å². The van der Waals surface area contributed by atoms with Crippen LogP contribution in [0.25, 0.3) is 0 Å². The van der Waals surface area contributed by atoms with E-state index in [2.05, 4.69) is 0 Å². The van der Waals surface area contributed by atoms with Gasteiger partial charge >= 0.3 is 5.97 Å². The minimum atomic E-state index is -3.64. The van der Waals surface area contributed by atoms with Gasteiger partial charge < -0.3 is 4.74 Å². The van der Waals surface area contributed by atoms with Crippen molar-refractivity contribution in [3.63, 3.8) is 0 Å². The van der Waals surface area contributed by atoms with Gasteiger partial charge in [0, 0.05) is 25.9 Å². The van der Waals surface area contributed by atoms with Crippen molar-refractivity contribution in [3.8, 4) is 0 Å². The first-order valence-corrected chi connectivity index (χ1v) is 10.2. The number of carbonyl (C=O) groups excluding carboxylic acids is 3. The molecule has 2 amide bonds. The molecular weight excluding hydrogens is 360 g/mol. The number of amides is 2. The summed E-state index contributed by atoms with van der Waals surface area (Å²) < 4.78 is 30.3. The van der Waals surface area contributed by atoms with E-state index in [0.717, 1.165) is 26.6 Å². The third-order valence-electron chi connectivity index (χ3n) is 4.62. The second-order valence-electron chi connectivity index (χ2n) is 6.45. The van der Waals surface area contributed by atoms with Crippen LogP contribution in [0.3, 0.4) is 0 Å². The highest BCUT2D eigenvalue weighted by atomic mass is 32.2. The average Bonchev–Trinajstić information content (AvgIpc) is 3.03. The molecule has 1 atom stereocenters. The minimum Gasteiger partial charge on any atom is -0.454 e. The van der Waals surface area contributed by atoms with E-state index in [4.69, 9.17) is 4.74 Å². The monoisotopic (exact) mass is 380 g/mol. The number of hydrogen-bond donors (Lipinski definition) is 0. The molecule has 0 radical (unpaired) electrons. The highest BCUT2D eigenvalue weighted by Gasteiger charge is 2.38. The zero-order chi connectivity index (χ0) is 18.9. The van der Waals surface area contributed by atoms with Crippen LogP contribution >= 0.6 is 0 Å². The summed E-state index contributed by atoms with van der Waals surface area (Å²) in [4.78, 5) is 37.1. The molecule has 2 aliphatic rings. The average molecular weight is 380 g/mol. The van der Waals surface area contributed by atoms with E-state index < -0.39 is 34.5 Å². The maximum Gasteiger partial charge on any atom is 0.325 e. The normalized spacial score (nSPS) is 20.7. The number of carbonyl (C=O) groups is 3. The molecule has 0 aliphatic carbocycles. The summed E-state index contributed by atoms with van der Waals surface area (Å²) in [6.45, 7) is -0.171. The van der Waals surface area contributed by atoms with Crippen LogP contribution in [0.1, 0.15) is 24.0 Å². The predicted molar refractivity (Wildman–Crippen MR) is 91.2 cm³/mol. The molecule has 3 rings (SSSR count). The first-order valence-electron chi connectivity index (χ1n) is 8.31. The van der Waals surface area contributed by atoms with E-state index >= 15 is 0 Å². The number of esters is 1. The SMILES string of the molecule is CS(=O)(=O)N1Cc2ccccc2C[C@H]1C(=O)OCC(=O)N1CCCC1=O. The zero-order valence-electron chi connectivity index (χ0n) is 14.4. The Kier molecular flexibility index (Phi) is 5.10. The van der Waals surface area contributed by atoms with Crippen LogP contribution in [0.4, 0.5) is 0 Å². The van der Waals surface area contributed by atoms with Crippen LogP contribution in [-0.4, -0.2) is 60.9 Å². The molecule has 0 aromatic heterocycles. The van der Waals surface area contributed by atoms with Gasteiger partial charge in [-0.25, -0.2) is 8.42 Å². The van der Waals surface area contributed by atoms with Crippen molar-refractivity contribution < 1.29 is 27.5 Å². The highest BCUT2D eigenvalue weighted by Crippen LogP contribution is 2.26. The van der Waals surface area contributed by atoms with Crippen LogP contribution < -0.4 is 0 Å². The van der Waals surface area contributed by atoms with Gasteiger partial charge in [-0.15, -0.1) is 0 Å². The molecule has 0 unspecified atom stereocenters. The van der Waals surface area contributed by atoms with Crippen LogP contribution in [0.15, 0.2) is 24.3 Å². The van der Waals surface area contributed by atoms with Crippen molar-refractivity contribution in [2.24, 2.45) is 0 Å². The van der Waals surface area contributed by atoms with E-state index in [1.54, 1.807) is 0 Å². The molecule has 9 heteroatoms. The van der Waals surface area contributed by atoms with Gasteiger partial charge in [0.15, 0.2) is 6.61 Å². The van der Waals surface area contributed by atoms with Gasteiger partial charge in [-0.3, -0.25) is 19.3 Å². The number of benzene rings is 1. The first kappa shape index (κ1) is 18.5. The lowest BCUT2D eigenvalue weighted by Crippen LogP contribution is -2.49. The standard InChI is InChI=1S/C17H20N2O6S/c1-26(23,24)19-10-13-6-3-2-5-12(13)9-14(19)17(22)25-11-16(21)18-8-4-7-15(18)20/h2-3,5-6,14H,4,7-11H2,1H3/t14-/m0/s1. The molecule has 2 aliphatic heterocycles. The summed E-state index contributed by atoms with van der Waals surface area (Å²) in [5.41, 5.74) is 1.70. The molecule has 26 heavy (non-hydrogen) atoms. The molecule has 1 saturated heterocycles. The number of fused-ring (bicyclic) bond motifs is 1. The molecule has 140 valence electrons. The Morgan fingerprint density at radius 1 is 1.23 bits per heavy atom. The lowest BCUT2D eigenvalue weighted by molar-refractivity contribution is -0.157. The Hall–Kier alpha value is -2.26. The maximum absolute atomic E-state index is 12.5. The molecule has 8 nitrogen and oxygen atoms in total. The van der Waals surface area contributed by atoms with Crippen molar-refractivity contribution in [3.05, 3.63) is 35.4 Å². The number of likely N-dealkylation sites (tertiary alicyclic amines) is 1. The third-order valence-corrected chi connectivity index (χ3v) is 5.85. The molecular formula is C17H20N2O6S. The van der Waals surface area contributed by atoms with Gasteiger partial charge in [0.05, 0.1) is 6.26 Å². The van der Waals surface area contributed by atoms with Crippen LogP contribution in [0.5, 0.6) is 0 Å². The van der Waals surface area contributed by atoms with E-state index in [1.165, 1.54) is 0 Å². The fourth-order valence-electron chi connectivity index (χ4n) is 3.27. The lowest BCUT2D eigenvalue weighted by Gasteiger charge is -2.33. The van der Waals surface area contributed by atoms with Gasteiger partial charge in [0.2, 0.25) is 15.9 Å². The maximum atomic E-state index is 12.5. The Balaban J connectivity index is 1.72. The van der Waals surface area contributed by atoms with Gasteiger partial charge in [-0.2, -0.15) is 4.31 Å². The van der Waals surface area contributed by atoms with E-state index in [9.17, 15) is 22.8 Å². The van der Waals surface area contributed by atoms with Crippen LogP contribution in [0, 0.1) is 0 Å². The van der Waals surface area contributed by atoms with Crippen molar-refractivity contribution in [1.82, 2.24) is 9.21 Å². The lowest BCUT2D eigenvalue weighted by atomic mass is 9.96. The minimum absolute atomic E-state index is 0.0767. The van der Waals surface area contributed by atoms with E-state index in [0.29, 0.717) is 19.4 Å². The van der Waals surface area contributed by atoms with Crippen molar-refractivity contribution >= 4 is 27.8 Å². The van der Waals surface area contributed by atoms with E-state index in [-0.39, 0.29) is 18.9 Å². The summed E-state index contributed by atoms with van der Waals surface area (Å²) in [6, 6.07) is 6.26. The molecule has 0 bridgehead atoms. The topological polar surface area (TPSA) is 101 Å². The van der Waals surface area contributed by atoms with Crippen LogP contribution in [-0.2, 0) is 42.1 Å². The molecule has 1 fully saturated rings. The number of imide groups is 1. The van der Waals surface area contributed by atoms with Crippen LogP contribution in [0.2, 0.25) is 0 Å². The summed E-state index contributed by atoms with van der Waals surface area (Å²) in [7, 11) is -3.64. The van der Waals surface area contributed by atoms with Gasteiger partial charge in [-0.1, -0.05) is 24.3 Å². The Labute approximate surface area is 151 Å². The Morgan fingerprint density at radius 2 is 1.92 bits per heavy atom. The van der Waals surface area contributed by atoms with Gasteiger partial charge in [0.1, 0.15) is 6.04 Å². The predicted octanol–water partition coefficient (Wildman–Crippen LogP) is 0.0651. The number of rotatable bonds is 4. The molecule has 0 spiro atoms. The largest absolute Gasteiger partial charge is 0.454 e. The van der Waals surface area contributed by atoms with Crippen molar-refractivity contribution in [1.29, 1.82) is 0 Å². The summed E-state index contributed by atoms with van der Waals surface area (Å²) in [6.07, 6.45) is 2.12. The zero-order valence-corrected chi connectivity index (χ0v) is 15.2. The number of nitrogens with zero attached hydrogens (tertiary/aromatic N) is 2. The summed E-state index contributed by atoms with van der Waals surface area (Å²) in [5, 5.41) is 0. The highest BCUT2D eigenvalue weighted by molar-refractivity contribution is 7.88. The smallest absolute Gasteiger partial charge is 0.325 e. The Bertz CT molecular complexity index is 851. The summed E-state index contributed by atoms with van der Waals surface area (Å²) >= 11 is 0. The molecule has 2 heterocycles. The number of sulfonamides is 1. The third kappa shape index (κ3) is 3.78. The first-order chi connectivity index (χ1) is 12.3. The fraction of sp³-hybridized carbons (Fsp3) is 0.471. The van der Waals surface area contributed by atoms with Crippen molar-refractivity contribution in [2.75, 3.05) is 19.4 Å². The van der Waals surface area contributed by atoms with E-state index in [1.807, 2.05) is 24.3 Å². The quantitative estimate of drug-likeness (QED) is 0.685. The molecule has 1 aromatic carbocycles. The summed E-state index contributed by atoms with van der Waals surface area (Å²) in [5.74, 6) is -1.65. The Morgan fingerprint density at radius 3 is 2.54 bits per heavy atom. The second kappa shape index (κ2) is 7.16. The number of ether oxygens (including phenoxy) is 1. The molecule has 0 N–H and O–H groups in total. The second-order valence-corrected chi connectivity index (χ2v) is 8.38.